The zero-order chi connectivity index (χ0) is 13.4. The first-order chi connectivity index (χ1) is 9.88. The van der Waals surface area contributed by atoms with Gasteiger partial charge in [0, 0.05) is 11.8 Å². The Bertz CT molecular complexity index is 734. The lowest BCUT2D eigenvalue weighted by Crippen LogP contribution is -2.15. The van der Waals surface area contributed by atoms with Crippen molar-refractivity contribution in [2.45, 2.75) is 0 Å². The van der Waals surface area contributed by atoms with Crippen LogP contribution in [0.1, 0.15) is 0 Å². The van der Waals surface area contributed by atoms with Gasteiger partial charge in [-0.2, -0.15) is 4.98 Å². The number of benzene rings is 2. The quantitative estimate of drug-likeness (QED) is 0.772. The van der Waals surface area contributed by atoms with E-state index in [1.165, 1.54) is 0 Å². The minimum atomic E-state index is 0.461. The highest BCUT2D eigenvalue weighted by Gasteiger charge is 2.12. The summed E-state index contributed by atoms with van der Waals surface area (Å²) in [7, 11) is 0. The zero-order valence-corrected chi connectivity index (χ0v) is 10.6. The summed E-state index contributed by atoms with van der Waals surface area (Å²) in [5, 5.41) is 3.13. The summed E-state index contributed by atoms with van der Waals surface area (Å²) >= 11 is 0. The molecule has 0 atom stereocenters. The van der Waals surface area contributed by atoms with Crippen LogP contribution in [0.2, 0.25) is 0 Å². The molecule has 0 unspecified atom stereocenters. The van der Waals surface area contributed by atoms with Crippen molar-refractivity contribution in [1.29, 1.82) is 0 Å². The highest BCUT2D eigenvalue weighted by atomic mass is 16.6. The van der Waals surface area contributed by atoms with Crippen molar-refractivity contribution in [2.24, 2.45) is 0 Å². The van der Waals surface area contributed by atoms with Gasteiger partial charge in [-0.15, -0.1) is 0 Å². The number of rotatable bonds is 2. The highest BCUT2D eigenvalue weighted by Crippen LogP contribution is 2.33. The highest BCUT2D eigenvalue weighted by molar-refractivity contribution is 5.75. The molecular formula is C15H12N2O3. The van der Waals surface area contributed by atoms with E-state index < -0.39 is 0 Å². The second-order valence-electron chi connectivity index (χ2n) is 4.47. The Morgan fingerprint density at radius 3 is 2.70 bits per heavy atom. The Kier molecular flexibility index (Phi) is 2.48. The number of para-hydroxylation sites is 2. The molecule has 1 aliphatic heterocycles. The van der Waals surface area contributed by atoms with Crippen molar-refractivity contribution < 1.29 is 13.9 Å². The van der Waals surface area contributed by atoms with Gasteiger partial charge in [-0.3, -0.25) is 0 Å². The number of oxazole rings is 1. The molecular weight excluding hydrogens is 256 g/mol. The monoisotopic (exact) mass is 268 g/mol. The van der Waals surface area contributed by atoms with Gasteiger partial charge in [0.25, 0.3) is 6.01 Å². The topological polar surface area (TPSA) is 56.5 Å². The molecule has 0 bridgehead atoms. The van der Waals surface area contributed by atoms with Gasteiger partial charge in [0.2, 0.25) is 0 Å². The average Bonchev–Trinajstić information content (AvgIpc) is 2.89. The summed E-state index contributed by atoms with van der Waals surface area (Å²) in [5.41, 5.74) is 2.43. The third kappa shape index (κ3) is 1.93. The molecule has 0 radical (unpaired) electrons. The van der Waals surface area contributed by atoms with Crippen molar-refractivity contribution in [2.75, 3.05) is 18.5 Å². The van der Waals surface area contributed by atoms with Gasteiger partial charge in [0.15, 0.2) is 17.1 Å². The van der Waals surface area contributed by atoms with Crippen molar-refractivity contribution in [1.82, 2.24) is 4.98 Å². The molecule has 2 heterocycles. The molecule has 0 saturated carbocycles. The van der Waals surface area contributed by atoms with Gasteiger partial charge in [0.1, 0.15) is 18.7 Å². The predicted molar refractivity (Wildman–Crippen MR) is 74.7 cm³/mol. The van der Waals surface area contributed by atoms with Crippen LogP contribution in [0.25, 0.3) is 11.1 Å². The number of nitrogens with one attached hydrogen (secondary N) is 1. The molecule has 1 aliphatic rings. The fraction of sp³-hybridized carbons (Fsp3) is 0.133. The first-order valence-electron chi connectivity index (χ1n) is 6.41. The first kappa shape index (κ1) is 11.2. The first-order valence-corrected chi connectivity index (χ1v) is 6.41. The van der Waals surface area contributed by atoms with E-state index in [0.29, 0.717) is 19.2 Å². The van der Waals surface area contributed by atoms with E-state index in [-0.39, 0.29) is 0 Å². The summed E-state index contributed by atoms with van der Waals surface area (Å²) < 4.78 is 16.7. The summed E-state index contributed by atoms with van der Waals surface area (Å²) in [6.45, 7) is 1.16. The molecule has 4 rings (SSSR count). The van der Waals surface area contributed by atoms with Crippen LogP contribution in [-0.4, -0.2) is 18.2 Å². The van der Waals surface area contributed by atoms with Gasteiger partial charge < -0.3 is 19.2 Å². The van der Waals surface area contributed by atoms with E-state index in [2.05, 4.69) is 10.3 Å². The van der Waals surface area contributed by atoms with Crippen molar-refractivity contribution >= 4 is 22.8 Å². The standard InChI is InChI=1S/C15H12N2O3/c1-2-4-12-11(3-1)17-15(20-12)16-10-5-6-13-14(9-10)19-8-7-18-13/h1-6,9H,7-8H2,(H,16,17). The number of aromatic nitrogens is 1. The van der Waals surface area contributed by atoms with Crippen LogP contribution in [0.3, 0.4) is 0 Å². The molecule has 2 aromatic carbocycles. The normalized spacial score (nSPS) is 13.4. The van der Waals surface area contributed by atoms with E-state index in [4.69, 9.17) is 13.9 Å². The smallest absolute Gasteiger partial charge is 0.300 e. The van der Waals surface area contributed by atoms with Crippen LogP contribution in [0.5, 0.6) is 11.5 Å². The molecule has 0 amide bonds. The van der Waals surface area contributed by atoms with Crippen LogP contribution in [0, 0.1) is 0 Å². The zero-order valence-electron chi connectivity index (χ0n) is 10.6. The third-order valence-corrected chi connectivity index (χ3v) is 3.09. The Hall–Kier alpha value is -2.69. The molecule has 0 fully saturated rings. The van der Waals surface area contributed by atoms with E-state index in [9.17, 15) is 0 Å². The van der Waals surface area contributed by atoms with Crippen molar-refractivity contribution in [3.63, 3.8) is 0 Å². The maximum Gasteiger partial charge on any atom is 0.300 e. The minimum absolute atomic E-state index is 0.461. The summed E-state index contributed by atoms with van der Waals surface area (Å²) in [5.74, 6) is 1.50. The molecule has 0 saturated heterocycles. The maximum atomic E-state index is 5.62. The molecule has 5 nitrogen and oxygen atoms in total. The van der Waals surface area contributed by atoms with Crippen molar-refractivity contribution in [3.05, 3.63) is 42.5 Å². The van der Waals surface area contributed by atoms with Crippen LogP contribution < -0.4 is 14.8 Å². The van der Waals surface area contributed by atoms with Crippen LogP contribution in [0.15, 0.2) is 46.9 Å². The molecule has 3 aromatic rings. The Labute approximate surface area is 115 Å². The summed E-state index contributed by atoms with van der Waals surface area (Å²) in [6, 6.07) is 13.8. The molecule has 1 aromatic heterocycles. The molecule has 5 heteroatoms. The molecule has 100 valence electrons. The minimum Gasteiger partial charge on any atom is -0.486 e. The van der Waals surface area contributed by atoms with Gasteiger partial charge in [-0.05, 0) is 24.3 Å². The van der Waals surface area contributed by atoms with E-state index in [1.54, 1.807) is 0 Å². The van der Waals surface area contributed by atoms with E-state index in [0.717, 1.165) is 28.3 Å². The molecule has 0 spiro atoms. The Morgan fingerprint density at radius 2 is 1.80 bits per heavy atom. The maximum absolute atomic E-state index is 5.62. The summed E-state index contributed by atoms with van der Waals surface area (Å²) in [6.07, 6.45) is 0. The third-order valence-electron chi connectivity index (χ3n) is 3.09. The van der Waals surface area contributed by atoms with Gasteiger partial charge >= 0.3 is 0 Å². The van der Waals surface area contributed by atoms with Crippen LogP contribution in [-0.2, 0) is 0 Å². The second kappa shape index (κ2) is 4.45. The lowest BCUT2D eigenvalue weighted by molar-refractivity contribution is 0.171. The fourth-order valence-electron chi connectivity index (χ4n) is 2.17. The Morgan fingerprint density at radius 1 is 0.950 bits per heavy atom. The lowest BCUT2D eigenvalue weighted by Gasteiger charge is -2.18. The molecule has 20 heavy (non-hydrogen) atoms. The summed E-state index contributed by atoms with van der Waals surface area (Å²) in [4.78, 5) is 4.37. The fourth-order valence-corrected chi connectivity index (χ4v) is 2.17. The number of hydrogen-bond acceptors (Lipinski definition) is 5. The van der Waals surface area contributed by atoms with Crippen LogP contribution in [0.4, 0.5) is 11.7 Å². The number of ether oxygens (including phenoxy) is 2. The van der Waals surface area contributed by atoms with Gasteiger partial charge in [-0.1, -0.05) is 12.1 Å². The van der Waals surface area contributed by atoms with Gasteiger partial charge in [-0.25, -0.2) is 0 Å². The number of fused-ring (bicyclic) bond motifs is 2. The van der Waals surface area contributed by atoms with Crippen LogP contribution >= 0.6 is 0 Å². The number of anilines is 2. The molecule has 1 N–H and O–H groups in total. The SMILES string of the molecule is c1ccc2oc(Nc3ccc4c(c3)OCCO4)nc2c1. The number of nitrogens with zero attached hydrogens (tertiary/aromatic N) is 1. The second-order valence-corrected chi connectivity index (χ2v) is 4.47. The average molecular weight is 268 g/mol. The number of hydrogen-bond donors (Lipinski definition) is 1. The predicted octanol–water partition coefficient (Wildman–Crippen LogP) is 3.34. The van der Waals surface area contributed by atoms with Gasteiger partial charge in [0.05, 0.1) is 0 Å². The Balaban J connectivity index is 1.65. The molecule has 0 aliphatic carbocycles. The van der Waals surface area contributed by atoms with Crippen molar-refractivity contribution in [3.8, 4) is 11.5 Å². The largest absolute Gasteiger partial charge is 0.486 e. The van der Waals surface area contributed by atoms with E-state index in [1.807, 2.05) is 42.5 Å². The lowest BCUT2D eigenvalue weighted by atomic mass is 10.2. The van der Waals surface area contributed by atoms with E-state index >= 15 is 0 Å².